The number of hydrogen-bond acceptors (Lipinski definition) is 3. The van der Waals surface area contributed by atoms with Crippen LogP contribution in [0.2, 0.25) is 0 Å². The van der Waals surface area contributed by atoms with Crippen molar-refractivity contribution in [2.45, 2.75) is 39.7 Å². The first-order valence-electron chi connectivity index (χ1n) is 7.64. The number of rotatable bonds is 5. The molecular formula is C17H23N3. The van der Waals surface area contributed by atoms with Crippen LogP contribution in [0.1, 0.15) is 32.4 Å². The van der Waals surface area contributed by atoms with E-state index in [9.17, 15) is 0 Å². The Morgan fingerprint density at radius 1 is 1.20 bits per heavy atom. The number of hydrogen-bond donors (Lipinski definition) is 1. The van der Waals surface area contributed by atoms with Crippen molar-refractivity contribution in [3.63, 3.8) is 0 Å². The third-order valence-corrected chi connectivity index (χ3v) is 3.98. The quantitative estimate of drug-likeness (QED) is 0.890. The van der Waals surface area contributed by atoms with Crippen molar-refractivity contribution in [1.82, 2.24) is 4.98 Å². The average molecular weight is 269 g/mol. The molecule has 1 aliphatic carbocycles. The molecule has 1 N–H and O–H groups in total. The van der Waals surface area contributed by atoms with Crippen LogP contribution in [0.4, 0.5) is 11.5 Å². The molecule has 3 heteroatoms. The Morgan fingerprint density at radius 3 is 2.60 bits per heavy atom. The molecule has 1 fully saturated rings. The van der Waals surface area contributed by atoms with E-state index in [1.54, 1.807) is 0 Å². The summed E-state index contributed by atoms with van der Waals surface area (Å²) >= 11 is 0. The Bertz CT molecular complexity index is 613. The molecule has 1 aromatic heterocycles. The molecule has 0 bridgehead atoms. The van der Waals surface area contributed by atoms with Crippen molar-refractivity contribution >= 4 is 22.3 Å². The fourth-order valence-corrected chi connectivity index (χ4v) is 2.72. The van der Waals surface area contributed by atoms with Gasteiger partial charge in [-0.05, 0) is 45.7 Å². The molecule has 0 amide bonds. The number of aromatic nitrogens is 1. The zero-order valence-corrected chi connectivity index (χ0v) is 12.6. The largest absolute Gasteiger partial charge is 0.382 e. The Balaban J connectivity index is 2.15. The second-order valence-electron chi connectivity index (χ2n) is 5.58. The standard InChI is InChI=1S/C17H23N3/c1-4-20(5-2)17-14-7-6-8-16(19-13-9-10-13)15(14)11-12(3)18-17/h6-8,11,13,19H,4-5,9-10H2,1-3H3. The van der Waals surface area contributed by atoms with Gasteiger partial charge in [0.25, 0.3) is 0 Å². The maximum Gasteiger partial charge on any atom is 0.136 e. The first-order valence-corrected chi connectivity index (χ1v) is 7.64. The van der Waals surface area contributed by atoms with Gasteiger partial charge in [0.1, 0.15) is 5.82 Å². The Labute approximate surface area is 121 Å². The van der Waals surface area contributed by atoms with E-state index in [-0.39, 0.29) is 0 Å². The van der Waals surface area contributed by atoms with E-state index in [1.807, 2.05) is 0 Å². The minimum absolute atomic E-state index is 0.672. The van der Waals surface area contributed by atoms with Crippen molar-refractivity contribution in [2.75, 3.05) is 23.3 Å². The highest BCUT2D eigenvalue weighted by molar-refractivity contribution is 6.00. The van der Waals surface area contributed by atoms with Gasteiger partial charge in [0, 0.05) is 41.3 Å². The van der Waals surface area contributed by atoms with Crippen LogP contribution < -0.4 is 10.2 Å². The van der Waals surface area contributed by atoms with Crippen LogP contribution in [0.25, 0.3) is 10.8 Å². The van der Waals surface area contributed by atoms with Gasteiger partial charge in [-0.15, -0.1) is 0 Å². The number of anilines is 2. The summed E-state index contributed by atoms with van der Waals surface area (Å²) in [6.45, 7) is 8.43. The molecule has 0 spiro atoms. The van der Waals surface area contributed by atoms with E-state index >= 15 is 0 Å². The van der Waals surface area contributed by atoms with Crippen molar-refractivity contribution in [3.05, 3.63) is 30.0 Å². The zero-order valence-electron chi connectivity index (χ0n) is 12.6. The monoisotopic (exact) mass is 269 g/mol. The van der Waals surface area contributed by atoms with Gasteiger partial charge in [-0.2, -0.15) is 0 Å². The highest BCUT2D eigenvalue weighted by Gasteiger charge is 2.22. The molecule has 106 valence electrons. The van der Waals surface area contributed by atoms with E-state index < -0.39 is 0 Å². The predicted molar refractivity (Wildman–Crippen MR) is 86.7 cm³/mol. The number of aryl methyl sites for hydroxylation is 1. The van der Waals surface area contributed by atoms with Crippen LogP contribution in [0.5, 0.6) is 0 Å². The van der Waals surface area contributed by atoms with Gasteiger partial charge >= 0.3 is 0 Å². The van der Waals surface area contributed by atoms with E-state index in [1.165, 1.54) is 29.3 Å². The van der Waals surface area contributed by atoms with Crippen molar-refractivity contribution in [2.24, 2.45) is 0 Å². The van der Waals surface area contributed by atoms with Crippen LogP contribution in [-0.4, -0.2) is 24.1 Å². The smallest absolute Gasteiger partial charge is 0.136 e. The average Bonchev–Trinajstić information content (AvgIpc) is 3.25. The van der Waals surface area contributed by atoms with Crippen LogP contribution >= 0.6 is 0 Å². The molecule has 1 aliphatic rings. The Kier molecular flexibility index (Phi) is 3.51. The van der Waals surface area contributed by atoms with Gasteiger partial charge in [-0.1, -0.05) is 12.1 Å². The molecule has 3 rings (SSSR count). The molecule has 0 radical (unpaired) electrons. The molecule has 0 unspecified atom stereocenters. The molecule has 0 aliphatic heterocycles. The van der Waals surface area contributed by atoms with Gasteiger partial charge in [-0.25, -0.2) is 4.98 Å². The summed E-state index contributed by atoms with van der Waals surface area (Å²) in [4.78, 5) is 7.11. The zero-order chi connectivity index (χ0) is 14.1. The summed E-state index contributed by atoms with van der Waals surface area (Å²) < 4.78 is 0. The van der Waals surface area contributed by atoms with Crippen molar-refractivity contribution < 1.29 is 0 Å². The van der Waals surface area contributed by atoms with Gasteiger partial charge in [0.15, 0.2) is 0 Å². The van der Waals surface area contributed by atoms with Gasteiger partial charge in [-0.3, -0.25) is 0 Å². The predicted octanol–water partition coefficient (Wildman–Crippen LogP) is 3.96. The van der Waals surface area contributed by atoms with Crippen LogP contribution in [-0.2, 0) is 0 Å². The van der Waals surface area contributed by atoms with Gasteiger partial charge in [0.05, 0.1) is 0 Å². The molecular weight excluding hydrogens is 246 g/mol. The minimum Gasteiger partial charge on any atom is -0.382 e. The topological polar surface area (TPSA) is 28.2 Å². The van der Waals surface area contributed by atoms with Crippen molar-refractivity contribution in [3.8, 4) is 0 Å². The first-order chi connectivity index (χ1) is 9.72. The van der Waals surface area contributed by atoms with E-state index in [4.69, 9.17) is 4.98 Å². The summed E-state index contributed by atoms with van der Waals surface area (Å²) in [6.07, 6.45) is 2.59. The molecule has 1 saturated carbocycles. The number of nitrogens with zero attached hydrogens (tertiary/aromatic N) is 2. The molecule has 0 atom stereocenters. The Morgan fingerprint density at radius 2 is 1.95 bits per heavy atom. The highest BCUT2D eigenvalue weighted by Crippen LogP contribution is 2.33. The summed E-state index contributed by atoms with van der Waals surface area (Å²) in [6, 6.07) is 9.38. The first kappa shape index (κ1) is 13.2. The van der Waals surface area contributed by atoms with Crippen LogP contribution in [0.15, 0.2) is 24.3 Å². The fraction of sp³-hybridized carbons (Fsp3) is 0.471. The molecule has 3 nitrogen and oxygen atoms in total. The van der Waals surface area contributed by atoms with E-state index in [0.29, 0.717) is 6.04 Å². The fourth-order valence-electron chi connectivity index (χ4n) is 2.72. The SMILES string of the molecule is CCN(CC)c1nc(C)cc2c(NC3CC3)cccc12. The lowest BCUT2D eigenvalue weighted by Gasteiger charge is -2.23. The molecule has 1 aromatic carbocycles. The number of nitrogens with one attached hydrogen (secondary N) is 1. The van der Waals surface area contributed by atoms with Crippen LogP contribution in [0.3, 0.4) is 0 Å². The van der Waals surface area contributed by atoms with E-state index in [0.717, 1.165) is 24.6 Å². The van der Waals surface area contributed by atoms with Crippen molar-refractivity contribution in [1.29, 1.82) is 0 Å². The molecule has 2 aromatic rings. The summed E-state index contributed by atoms with van der Waals surface area (Å²) in [5.41, 5.74) is 2.34. The maximum absolute atomic E-state index is 4.78. The second-order valence-corrected chi connectivity index (χ2v) is 5.58. The lowest BCUT2D eigenvalue weighted by molar-refractivity contribution is 0.848. The maximum atomic E-state index is 4.78. The molecule has 20 heavy (non-hydrogen) atoms. The lowest BCUT2D eigenvalue weighted by atomic mass is 10.1. The number of fused-ring (bicyclic) bond motifs is 1. The molecule has 0 saturated heterocycles. The minimum atomic E-state index is 0.672. The van der Waals surface area contributed by atoms with Gasteiger partial charge < -0.3 is 10.2 Å². The molecule has 1 heterocycles. The third-order valence-electron chi connectivity index (χ3n) is 3.98. The summed E-state index contributed by atoms with van der Waals surface area (Å²) in [5.74, 6) is 1.12. The summed E-state index contributed by atoms with van der Waals surface area (Å²) in [5, 5.41) is 6.20. The second kappa shape index (κ2) is 5.31. The number of pyridine rings is 1. The Hall–Kier alpha value is -1.77. The van der Waals surface area contributed by atoms with Gasteiger partial charge in [0.2, 0.25) is 0 Å². The lowest BCUT2D eigenvalue weighted by Crippen LogP contribution is -2.23. The van der Waals surface area contributed by atoms with Crippen LogP contribution in [0, 0.1) is 6.92 Å². The normalized spacial score (nSPS) is 14.6. The number of benzene rings is 1. The summed E-state index contributed by atoms with van der Waals surface area (Å²) in [7, 11) is 0. The highest BCUT2D eigenvalue weighted by atomic mass is 15.2. The third kappa shape index (κ3) is 2.45. The van der Waals surface area contributed by atoms with E-state index in [2.05, 4.69) is 55.3 Å².